The number of hydrogen-bond acceptors (Lipinski definition) is 2. The van der Waals surface area contributed by atoms with E-state index in [0.717, 1.165) is 18.8 Å². The summed E-state index contributed by atoms with van der Waals surface area (Å²) < 4.78 is 12.5. The Bertz CT molecular complexity index is 233. The second kappa shape index (κ2) is 4.04. The predicted octanol–water partition coefficient (Wildman–Crippen LogP) is 2.07. The van der Waals surface area contributed by atoms with Crippen LogP contribution in [0, 0.1) is 5.82 Å². The number of rotatable bonds is 3. The van der Waals surface area contributed by atoms with Crippen molar-refractivity contribution in [2.45, 2.75) is 13.3 Å². The van der Waals surface area contributed by atoms with Crippen LogP contribution in [0.5, 0.6) is 0 Å². The molecule has 0 saturated carbocycles. The van der Waals surface area contributed by atoms with Crippen LogP contribution in [0.15, 0.2) is 18.3 Å². The highest BCUT2D eigenvalue weighted by Crippen LogP contribution is 2.08. The molecule has 1 aromatic heterocycles. The first-order chi connectivity index (χ1) is 5.74. The molecule has 0 aliphatic carbocycles. The lowest BCUT2D eigenvalue weighted by molar-refractivity contribution is 0.620. The topological polar surface area (TPSA) is 16.1 Å². The standard InChI is InChI=1S/C9H13FN2/c1-3-6-12(2)9-5-4-8(10)7-11-9/h4-5,7H,3,6H2,1-2H3. The van der Waals surface area contributed by atoms with Gasteiger partial charge in [-0.1, -0.05) is 6.92 Å². The summed E-state index contributed by atoms with van der Waals surface area (Å²) in [5.74, 6) is 0.530. The maximum Gasteiger partial charge on any atom is 0.141 e. The molecule has 0 spiro atoms. The number of aromatic nitrogens is 1. The first-order valence-electron chi connectivity index (χ1n) is 4.06. The van der Waals surface area contributed by atoms with Crippen molar-refractivity contribution in [3.05, 3.63) is 24.1 Å². The number of anilines is 1. The zero-order valence-corrected chi connectivity index (χ0v) is 7.42. The van der Waals surface area contributed by atoms with Gasteiger partial charge in [0.1, 0.15) is 11.6 Å². The molecule has 0 N–H and O–H groups in total. The highest BCUT2D eigenvalue weighted by molar-refractivity contribution is 5.36. The average molecular weight is 168 g/mol. The van der Waals surface area contributed by atoms with Gasteiger partial charge in [0.15, 0.2) is 0 Å². The van der Waals surface area contributed by atoms with Crippen molar-refractivity contribution in [1.82, 2.24) is 4.98 Å². The number of pyridine rings is 1. The highest BCUT2D eigenvalue weighted by atomic mass is 19.1. The van der Waals surface area contributed by atoms with E-state index in [1.165, 1.54) is 12.3 Å². The summed E-state index contributed by atoms with van der Waals surface area (Å²) in [6.45, 7) is 3.04. The van der Waals surface area contributed by atoms with Crippen molar-refractivity contribution in [3.63, 3.8) is 0 Å². The second-order valence-corrected chi connectivity index (χ2v) is 2.76. The summed E-state index contributed by atoms with van der Waals surface area (Å²) in [6, 6.07) is 3.11. The van der Waals surface area contributed by atoms with Gasteiger partial charge in [-0.3, -0.25) is 0 Å². The largest absolute Gasteiger partial charge is 0.360 e. The van der Waals surface area contributed by atoms with Gasteiger partial charge in [-0.25, -0.2) is 9.37 Å². The van der Waals surface area contributed by atoms with E-state index in [1.54, 1.807) is 6.07 Å². The molecule has 0 aliphatic rings. The van der Waals surface area contributed by atoms with Gasteiger partial charge in [0.05, 0.1) is 6.20 Å². The quantitative estimate of drug-likeness (QED) is 0.686. The van der Waals surface area contributed by atoms with Crippen LogP contribution in [0.3, 0.4) is 0 Å². The Hall–Kier alpha value is -1.12. The van der Waals surface area contributed by atoms with Crippen molar-refractivity contribution in [2.24, 2.45) is 0 Å². The molecule has 0 bridgehead atoms. The number of halogens is 1. The lowest BCUT2D eigenvalue weighted by atomic mass is 10.4. The maximum atomic E-state index is 12.5. The van der Waals surface area contributed by atoms with Crippen LogP contribution < -0.4 is 4.90 Å². The molecule has 0 aliphatic heterocycles. The van der Waals surface area contributed by atoms with Gasteiger partial charge < -0.3 is 4.90 Å². The third kappa shape index (κ3) is 2.19. The van der Waals surface area contributed by atoms with Crippen LogP contribution in [0.4, 0.5) is 10.2 Å². The Morgan fingerprint density at radius 3 is 2.75 bits per heavy atom. The average Bonchev–Trinajstić information content (AvgIpc) is 2.06. The molecule has 1 aromatic rings. The Labute approximate surface area is 72.0 Å². The van der Waals surface area contributed by atoms with Crippen LogP contribution in [0.1, 0.15) is 13.3 Å². The minimum absolute atomic E-state index is 0.288. The van der Waals surface area contributed by atoms with Gasteiger partial charge in [-0.15, -0.1) is 0 Å². The summed E-state index contributed by atoms with van der Waals surface area (Å²) in [4.78, 5) is 5.95. The van der Waals surface area contributed by atoms with E-state index in [9.17, 15) is 4.39 Å². The molecular formula is C9H13FN2. The summed E-state index contributed by atoms with van der Waals surface area (Å²) in [5.41, 5.74) is 0. The Kier molecular flexibility index (Phi) is 3.02. The van der Waals surface area contributed by atoms with Crippen LogP contribution in [0.25, 0.3) is 0 Å². The zero-order valence-electron chi connectivity index (χ0n) is 7.42. The Morgan fingerprint density at radius 2 is 2.25 bits per heavy atom. The van der Waals surface area contributed by atoms with Gasteiger partial charge in [0, 0.05) is 13.6 Å². The third-order valence-corrected chi connectivity index (χ3v) is 1.66. The van der Waals surface area contributed by atoms with Crippen LogP contribution in [-0.2, 0) is 0 Å². The minimum atomic E-state index is -0.288. The minimum Gasteiger partial charge on any atom is -0.360 e. The van der Waals surface area contributed by atoms with E-state index in [-0.39, 0.29) is 5.82 Å². The van der Waals surface area contributed by atoms with Gasteiger partial charge in [0.25, 0.3) is 0 Å². The highest BCUT2D eigenvalue weighted by Gasteiger charge is 1.99. The van der Waals surface area contributed by atoms with E-state index < -0.39 is 0 Å². The SMILES string of the molecule is CCCN(C)c1ccc(F)cn1. The first-order valence-corrected chi connectivity index (χ1v) is 4.06. The van der Waals surface area contributed by atoms with Crippen molar-refractivity contribution in [3.8, 4) is 0 Å². The fraction of sp³-hybridized carbons (Fsp3) is 0.444. The monoisotopic (exact) mass is 168 g/mol. The summed E-state index contributed by atoms with van der Waals surface area (Å²) >= 11 is 0. The van der Waals surface area contributed by atoms with Gasteiger partial charge in [-0.05, 0) is 18.6 Å². The van der Waals surface area contributed by atoms with E-state index in [2.05, 4.69) is 11.9 Å². The molecule has 3 heteroatoms. The third-order valence-electron chi connectivity index (χ3n) is 1.66. The van der Waals surface area contributed by atoms with Crippen LogP contribution in [-0.4, -0.2) is 18.6 Å². The summed E-state index contributed by atoms with van der Waals surface area (Å²) in [5, 5.41) is 0. The maximum absolute atomic E-state index is 12.5. The van der Waals surface area contributed by atoms with E-state index in [1.807, 2.05) is 11.9 Å². The first kappa shape index (κ1) is 8.97. The molecule has 1 heterocycles. The molecule has 0 fully saturated rings. The zero-order chi connectivity index (χ0) is 8.97. The molecule has 0 radical (unpaired) electrons. The molecular weight excluding hydrogens is 155 g/mol. The molecule has 0 saturated heterocycles. The van der Waals surface area contributed by atoms with Crippen LogP contribution in [0.2, 0.25) is 0 Å². The molecule has 1 rings (SSSR count). The van der Waals surface area contributed by atoms with E-state index in [0.29, 0.717) is 0 Å². The molecule has 0 unspecified atom stereocenters. The molecule has 2 nitrogen and oxygen atoms in total. The van der Waals surface area contributed by atoms with Crippen molar-refractivity contribution >= 4 is 5.82 Å². The van der Waals surface area contributed by atoms with Gasteiger partial charge in [0.2, 0.25) is 0 Å². The normalized spacial score (nSPS) is 9.92. The second-order valence-electron chi connectivity index (χ2n) is 2.76. The predicted molar refractivity (Wildman–Crippen MR) is 47.8 cm³/mol. The Morgan fingerprint density at radius 1 is 1.50 bits per heavy atom. The Balaban J connectivity index is 2.68. The van der Waals surface area contributed by atoms with Crippen molar-refractivity contribution in [2.75, 3.05) is 18.5 Å². The van der Waals surface area contributed by atoms with Gasteiger partial charge in [-0.2, -0.15) is 0 Å². The fourth-order valence-corrected chi connectivity index (χ4v) is 1.04. The smallest absolute Gasteiger partial charge is 0.141 e. The number of hydrogen-bond donors (Lipinski definition) is 0. The van der Waals surface area contributed by atoms with E-state index in [4.69, 9.17) is 0 Å². The molecule has 66 valence electrons. The molecule has 0 amide bonds. The van der Waals surface area contributed by atoms with E-state index >= 15 is 0 Å². The van der Waals surface area contributed by atoms with Crippen LogP contribution >= 0.6 is 0 Å². The van der Waals surface area contributed by atoms with Crippen molar-refractivity contribution < 1.29 is 4.39 Å². The fourth-order valence-electron chi connectivity index (χ4n) is 1.04. The van der Waals surface area contributed by atoms with Gasteiger partial charge >= 0.3 is 0 Å². The molecule has 12 heavy (non-hydrogen) atoms. The molecule has 0 aromatic carbocycles. The van der Waals surface area contributed by atoms with Crippen molar-refractivity contribution in [1.29, 1.82) is 0 Å². The lowest BCUT2D eigenvalue weighted by Crippen LogP contribution is -2.18. The molecule has 0 atom stereocenters. The lowest BCUT2D eigenvalue weighted by Gasteiger charge is -2.16. The summed E-state index contributed by atoms with van der Waals surface area (Å²) in [6.07, 6.45) is 2.30. The number of nitrogens with zero attached hydrogens (tertiary/aromatic N) is 2. The summed E-state index contributed by atoms with van der Waals surface area (Å²) in [7, 11) is 1.95.